The predicted molar refractivity (Wildman–Crippen MR) is 76.6 cm³/mol. The summed E-state index contributed by atoms with van der Waals surface area (Å²) in [6, 6.07) is 0.295. The highest BCUT2D eigenvalue weighted by Gasteiger charge is 2.24. The van der Waals surface area contributed by atoms with Crippen LogP contribution in [0, 0.1) is 0 Å². The molecule has 0 amide bonds. The maximum Gasteiger partial charge on any atom is 0.234 e. The van der Waals surface area contributed by atoms with Gasteiger partial charge in [0.2, 0.25) is 4.96 Å². The van der Waals surface area contributed by atoms with Crippen LogP contribution in [0.15, 0.2) is 0 Å². The predicted octanol–water partition coefficient (Wildman–Crippen LogP) is 2.90. The van der Waals surface area contributed by atoms with Crippen LogP contribution in [0.25, 0.3) is 4.96 Å². The van der Waals surface area contributed by atoms with E-state index in [0.717, 1.165) is 28.8 Å². The summed E-state index contributed by atoms with van der Waals surface area (Å²) in [4.78, 5) is 0.932. The van der Waals surface area contributed by atoms with Crippen LogP contribution in [0.3, 0.4) is 0 Å². The van der Waals surface area contributed by atoms with Crippen LogP contribution in [-0.2, 0) is 0 Å². The number of rotatable bonds is 5. The van der Waals surface area contributed by atoms with Gasteiger partial charge in [0.15, 0.2) is 5.82 Å². The molecule has 2 aromatic heterocycles. The van der Waals surface area contributed by atoms with E-state index in [1.807, 2.05) is 4.52 Å². The Labute approximate surface area is 117 Å². The Morgan fingerprint density at radius 2 is 2.16 bits per heavy atom. The van der Waals surface area contributed by atoms with Crippen LogP contribution in [0.1, 0.15) is 68.7 Å². The highest BCUT2D eigenvalue weighted by Crippen LogP contribution is 2.34. The van der Waals surface area contributed by atoms with Crippen molar-refractivity contribution in [2.75, 3.05) is 6.54 Å². The second-order valence-corrected chi connectivity index (χ2v) is 6.34. The highest BCUT2D eigenvalue weighted by molar-refractivity contribution is 7.16. The van der Waals surface area contributed by atoms with Gasteiger partial charge < -0.3 is 5.32 Å². The van der Waals surface area contributed by atoms with Gasteiger partial charge in [0.25, 0.3) is 0 Å². The fourth-order valence-corrected chi connectivity index (χ4v) is 3.58. The van der Waals surface area contributed by atoms with E-state index in [9.17, 15) is 0 Å². The molecular formula is C13H21N5S. The smallest absolute Gasteiger partial charge is 0.234 e. The minimum absolute atomic E-state index is 0.295. The first-order valence-electron chi connectivity index (χ1n) is 7.25. The molecule has 5 nitrogen and oxygen atoms in total. The quantitative estimate of drug-likeness (QED) is 0.914. The van der Waals surface area contributed by atoms with Crippen molar-refractivity contribution in [3.8, 4) is 0 Å². The van der Waals surface area contributed by atoms with Crippen LogP contribution in [-0.4, -0.2) is 26.4 Å². The van der Waals surface area contributed by atoms with Gasteiger partial charge in [-0.25, -0.2) is 0 Å². The Morgan fingerprint density at radius 3 is 2.89 bits per heavy atom. The van der Waals surface area contributed by atoms with Gasteiger partial charge in [-0.15, -0.1) is 10.2 Å². The van der Waals surface area contributed by atoms with E-state index >= 15 is 0 Å². The average Bonchev–Trinajstić information content (AvgIpc) is 3.09. The van der Waals surface area contributed by atoms with Gasteiger partial charge in [-0.2, -0.15) is 9.61 Å². The Hall–Kier alpha value is -1.01. The van der Waals surface area contributed by atoms with Crippen molar-refractivity contribution in [2.24, 2.45) is 0 Å². The molecule has 0 bridgehead atoms. The number of hydrogen-bond donors (Lipinski definition) is 1. The normalized spacial score (nSPS) is 18.4. The van der Waals surface area contributed by atoms with Crippen molar-refractivity contribution in [1.82, 2.24) is 25.1 Å². The van der Waals surface area contributed by atoms with Gasteiger partial charge in [-0.05, 0) is 32.7 Å². The van der Waals surface area contributed by atoms with E-state index in [0.29, 0.717) is 12.0 Å². The zero-order chi connectivity index (χ0) is 13.2. The molecule has 1 aliphatic rings. The molecule has 104 valence electrons. The van der Waals surface area contributed by atoms with Crippen molar-refractivity contribution in [3.63, 3.8) is 0 Å². The van der Waals surface area contributed by atoms with E-state index in [1.54, 1.807) is 11.3 Å². The lowest BCUT2D eigenvalue weighted by atomic mass is 10.1. The molecule has 0 aliphatic heterocycles. The number of aromatic nitrogens is 4. The van der Waals surface area contributed by atoms with Crippen molar-refractivity contribution in [3.05, 3.63) is 10.8 Å². The largest absolute Gasteiger partial charge is 0.308 e. The first-order chi connectivity index (χ1) is 9.29. The molecule has 1 saturated carbocycles. The highest BCUT2D eigenvalue weighted by atomic mass is 32.1. The fourth-order valence-electron chi connectivity index (χ4n) is 2.71. The van der Waals surface area contributed by atoms with Gasteiger partial charge in [0, 0.05) is 5.92 Å². The fraction of sp³-hybridized carbons (Fsp3) is 0.769. The van der Waals surface area contributed by atoms with Crippen LogP contribution >= 0.6 is 11.3 Å². The molecule has 0 spiro atoms. The molecule has 1 atom stereocenters. The Bertz CT molecular complexity index is 540. The van der Waals surface area contributed by atoms with Crippen molar-refractivity contribution < 1.29 is 0 Å². The summed E-state index contributed by atoms with van der Waals surface area (Å²) in [5.41, 5.74) is 0. The molecule has 1 fully saturated rings. The molecule has 2 heterocycles. The monoisotopic (exact) mass is 279 g/mol. The molecule has 1 N–H and O–H groups in total. The van der Waals surface area contributed by atoms with E-state index in [-0.39, 0.29) is 0 Å². The minimum atomic E-state index is 0.295. The zero-order valence-corrected chi connectivity index (χ0v) is 12.4. The lowest BCUT2D eigenvalue weighted by molar-refractivity contribution is 0.556. The van der Waals surface area contributed by atoms with Gasteiger partial charge in [0.05, 0.1) is 6.04 Å². The Balaban J connectivity index is 1.84. The molecule has 1 aliphatic carbocycles. The van der Waals surface area contributed by atoms with E-state index in [4.69, 9.17) is 5.10 Å². The van der Waals surface area contributed by atoms with Crippen molar-refractivity contribution in [2.45, 2.75) is 57.9 Å². The van der Waals surface area contributed by atoms with Crippen LogP contribution in [0.5, 0.6) is 0 Å². The second-order valence-electron chi connectivity index (χ2n) is 5.35. The summed E-state index contributed by atoms with van der Waals surface area (Å²) in [6.45, 7) is 5.36. The summed E-state index contributed by atoms with van der Waals surface area (Å²) in [5, 5.41) is 17.9. The van der Waals surface area contributed by atoms with Crippen molar-refractivity contribution >= 4 is 16.3 Å². The maximum atomic E-state index is 4.72. The number of nitrogens with zero attached hydrogens (tertiary/aromatic N) is 4. The first kappa shape index (κ1) is 13.0. The Morgan fingerprint density at radius 1 is 1.37 bits per heavy atom. The number of fused-ring (bicyclic) bond motifs is 1. The summed E-state index contributed by atoms with van der Waals surface area (Å²) in [6.07, 6.45) is 6.23. The van der Waals surface area contributed by atoms with Crippen LogP contribution in [0.4, 0.5) is 0 Å². The third-order valence-corrected chi connectivity index (χ3v) is 4.90. The lowest BCUT2D eigenvalue weighted by Gasteiger charge is -2.09. The second kappa shape index (κ2) is 5.54. The Kier molecular flexibility index (Phi) is 3.79. The maximum absolute atomic E-state index is 4.72. The van der Waals surface area contributed by atoms with Crippen molar-refractivity contribution in [1.29, 1.82) is 0 Å². The van der Waals surface area contributed by atoms with Crippen LogP contribution in [0.2, 0.25) is 0 Å². The zero-order valence-electron chi connectivity index (χ0n) is 11.6. The van der Waals surface area contributed by atoms with E-state index < -0.39 is 0 Å². The van der Waals surface area contributed by atoms with Gasteiger partial charge in [-0.3, -0.25) is 0 Å². The summed E-state index contributed by atoms with van der Waals surface area (Å²) < 4.78 is 1.97. The standard InChI is InChI=1S/C13H21N5S/c1-3-8-14-9(2)12-17-18-11(10-6-4-5-7-10)15-16-13(18)19-12/h9-10,14H,3-8H2,1-2H3. The molecule has 0 aromatic carbocycles. The van der Waals surface area contributed by atoms with Gasteiger partial charge >= 0.3 is 0 Å². The number of hydrogen-bond acceptors (Lipinski definition) is 5. The first-order valence-corrected chi connectivity index (χ1v) is 8.06. The summed E-state index contributed by atoms with van der Waals surface area (Å²) in [7, 11) is 0. The molecule has 0 saturated heterocycles. The molecule has 0 radical (unpaired) electrons. The molecule has 3 rings (SSSR count). The minimum Gasteiger partial charge on any atom is -0.308 e. The summed E-state index contributed by atoms with van der Waals surface area (Å²) in [5.74, 6) is 1.63. The topological polar surface area (TPSA) is 55.1 Å². The van der Waals surface area contributed by atoms with E-state index in [2.05, 4.69) is 29.4 Å². The van der Waals surface area contributed by atoms with Gasteiger partial charge in [-0.1, -0.05) is 31.1 Å². The third-order valence-electron chi connectivity index (χ3n) is 3.82. The molecule has 19 heavy (non-hydrogen) atoms. The third kappa shape index (κ3) is 2.51. The number of nitrogens with one attached hydrogen (secondary N) is 1. The van der Waals surface area contributed by atoms with Gasteiger partial charge in [0.1, 0.15) is 5.01 Å². The SMILES string of the molecule is CCCNC(C)c1nn2c(C3CCCC3)nnc2s1. The molecule has 2 aromatic rings. The summed E-state index contributed by atoms with van der Waals surface area (Å²) >= 11 is 1.65. The molecule has 1 unspecified atom stereocenters. The average molecular weight is 279 g/mol. The molecule has 6 heteroatoms. The van der Waals surface area contributed by atoms with E-state index in [1.165, 1.54) is 25.7 Å². The lowest BCUT2D eigenvalue weighted by Crippen LogP contribution is -2.19. The van der Waals surface area contributed by atoms with Crippen LogP contribution < -0.4 is 5.32 Å². The molecular weight excluding hydrogens is 258 g/mol.